The van der Waals surface area contributed by atoms with Crippen LogP contribution in [0.3, 0.4) is 0 Å². The molecule has 0 aromatic heterocycles. The van der Waals surface area contributed by atoms with E-state index < -0.39 is 29.6 Å². The Labute approximate surface area is 150 Å². The molecule has 0 saturated heterocycles. The first-order chi connectivity index (χ1) is 11.7. The molecular formula is C17H14BrF3N2O2. The van der Waals surface area contributed by atoms with Crippen molar-refractivity contribution in [1.82, 2.24) is 5.32 Å². The highest BCUT2D eigenvalue weighted by Gasteiger charge is 2.30. The summed E-state index contributed by atoms with van der Waals surface area (Å²) in [5.41, 5.74) is 5.24. The molecule has 0 aliphatic rings. The zero-order valence-corrected chi connectivity index (χ0v) is 14.4. The monoisotopic (exact) mass is 414 g/mol. The van der Waals surface area contributed by atoms with Gasteiger partial charge in [-0.3, -0.25) is 9.59 Å². The molecule has 2 aromatic carbocycles. The van der Waals surface area contributed by atoms with Gasteiger partial charge in [-0.1, -0.05) is 28.1 Å². The van der Waals surface area contributed by atoms with E-state index in [0.29, 0.717) is 0 Å². The van der Waals surface area contributed by atoms with Gasteiger partial charge in [0.1, 0.15) is 6.04 Å². The van der Waals surface area contributed by atoms with Crippen molar-refractivity contribution in [2.24, 2.45) is 5.73 Å². The van der Waals surface area contributed by atoms with E-state index in [-0.39, 0.29) is 12.0 Å². The average molecular weight is 415 g/mol. The van der Waals surface area contributed by atoms with E-state index in [4.69, 9.17) is 5.73 Å². The highest BCUT2D eigenvalue weighted by molar-refractivity contribution is 9.10. The van der Waals surface area contributed by atoms with Crippen LogP contribution in [0.4, 0.5) is 13.2 Å². The molecular weight excluding hydrogens is 401 g/mol. The number of hydrogen-bond donors (Lipinski definition) is 2. The zero-order valence-electron chi connectivity index (χ0n) is 12.8. The molecule has 25 heavy (non-hydrogen) atoms. The molecule has 0 unspecified atom stereocenters. The summed E-state index contributed by atoms with van der Waals surface area (Å²) in [7, 11) is 0. The number of alkyl halides is 3. The maximum atomic E-state index is 12.5. The largest absolute Gasteiger partial charge is 0.416 e. The number of nitrogens with one attached hydrogen (secondary N) is 1. The van der Waals surface area contributed by atoms with Gasteiger partial charge in [-0.15, -0.1) is 0 Å². The second kappa shape index (κ2) is 7.69. The van der Waals surface area contributed by atoms with Crippen LogP contribution in [0.15, 0.2) is 53.0 Å². The van der Waals surface area contributed by atoms with Crippen LogP contribution in [0.1, 0.15) is 21.5 Å². The second-order valence-electron chi connectivity index (χ2n) is 5.34. The van der Waals surface area contributed by atoms with Gasteiger partial charge in [0.25, 0.3) is 5.91 Å². The molecule has 132 valence electrons. The summed E-state index contributed by atoms with van der Waals surface area (Å²) in [4.78, 5) is 23.8. The topological polar surface area (TPSA) is 72.2 Å². The van der Waals surface area contributed by atoms with Gasteiger partial charge in [-0.05, 0) is 42.0 Å². The number of hydrogen-bond acceptors (Lipinski definition) is 2. The summed E-state index contributed by atoms with van der Waals surface area (Å²) in [5.74, 6) is -1.41. The van der Waals surface area contributed by atoms with E-state index >= 15 is 0 Å². The molecule has 0 heterocycles. The smallest absolute Gasteiger partial charge is 0.368 e. The Bertz CT molecular complexity index is 776. The van der Waals surface area contributed by atoms with Crippen molar-refractivity contribution in [3.05, 3.63) is 69.7 Å². The van der Waals surface area contributed by atoms with Crippen LogP contribution in [-0.4, -0.2) is 17.9 Å². The predicted molar refractivity (Wildman–Crippen MR) is 89.7 cm³/mol. The minimum atomic E-state index is -4.48. The lowest BCUT2D eigenvalue weighted by molar-refractivity contribution is -0.137. The van der Waals surface area contributed by atoms with Gasteiger partial charge < -0.3 is 11.1 Å². The van der Waals surface area contributed by atoms with Crippen molar-refractivity contribution < 1.29 is 22.8 Å². The summed E-state index contributed by atoms with van der Waals surface area (Å²) in [6, 6.07) is 9.86. The van der Waals surface area contributed by atoms with Gasteiger partial charge >= 0.3 is 6.18 Å². The van der Waals surface area contributed by atoms with Crippen molar-refractivity contribution in [3.63, 3.8) is 0 Å². The van der Waals surface area contributed by atoms with E-state index in [1.807, 2.05) is 6.07 Å². The van der Waals surface area contributed by atoms with Crippen molar-refractivity contribution >= 4 is 27.7 Å². The fourth-order valence-corrected chi connectivity index (χ4v) is 2.62. The SMILES string of the molecule is NC(=O)[C@@H](Cc1cccc(Br)c1)NC(=O)c1ccc(C(F)(F)F)cc1. The van der Waals surface area contributed by atoms with Gasteiger partial charge in [0.05, 0.1) is 5.56 Å². The summed E-state index contributed by atoms with van der Waals surface area (Å²) < 4.78 is 38.4. The molecule has 2 rings (SSSR count). The number of nitrogens with two attached hydrogens (primary N) is 1. The van der Waals surface area contributed by atoms with Crippen LogP contribution in [0.25, 0.3) is 0 Å². The number of carbonyl (C=O) groups excluding carboxylic acids is 2. The molecule has 4 nitrogen and oxygen atoms in total. The Morgan fingerprint density at radius 2 is 1.76 bits per heavy atom. The lowest BCUT2D eigenvalue weighted by Gasteiger charge is -2.16. The summed E-state index contributed by atoms with van der Waals surface area (Å²) in [6.07, 6.45) is -4.31. The number of amides is 2. The summed E-state index contributed by atoms with van der Waals surface area (Å²) in [6.45, 7) is 0. The molecule has 0 aliphatic carbocycles. The van der Waals surface area contributed by atoms with Crippen molar-refractivity contribution in [2.45, 2.75) is 18.6 Å². The molecule has 0 spiro atoms. The van der Waals surface area contributed by atoms with Crippen LogP contribution in [0.5, 0.6) is 0 Å². The minimum Gasteiger partial charge on any atom is -0.368 e. The second-order valence-corrected chi connectivity index (χ2v) is 6.25. The lowest BCUT2D eigenvalue weighted by Crippen LogP contribution is -2.45. The third-order valence-electron chi connectivity index (χ3n) is 3.45. The highest BCUT2D eigenvalue weighted by Crippen LogP contribution is 2.29. The fraction of sp³-hybridized carbons (Fsp3) is 0.176. The summed E-state index contributed by atoms with van der Waals surface area (Å²) in [5, 5.41) is 2.45. The normalized spacial score (nSPS) is 12.5. The van der Waals surface area contributed by atoms with Crippen LogP contribution in [0.2, 0.25) is 0 Å². The molecule has 3 N–H and O–H groups in total. The Balaban J connectivity index is 2.11. The Hall–Kier alpha value is -2.35. The predicted octanol–water partition coefficient (Wildman–Crippen LogP) is 3.29. The zero-order chi connectivity index (χ0) is 18.6. The Morgan fingerprint density at radius 1 is 1.12 bits per heavy atom. The first-order valence-corrected chi connectivity index (χ1v) is 7.98. The first-order valence-electron chi connectivity index (χ1n) is 7.18. The van der Waals surface area contributed by atoms with Gasteiger partial charge in [0.15, 0.2) is 0 Å². The third-order valence-corrected chi connectivity index (χ3v) is 3.95. The van der Waals surface area contributed by atoms with Gasteiger partial charge in [0.2, 0.25) is 5.91 Å². The van der Waals surface area contributed by atoms with Crippen LogP contribution >= 0.6 is 15.9 Å². The standard InChI is InChI=1S/C17H14BrF3N2O2/c18-13-3-1-2-10(8-13)9-14(15(22)24)23-16(25)11-4-6-12(7-5-11)17(19,20)21/h1-8,14H,9H2,(H2,22,24)(H,23,25)/t14-/m1/s1. The van der Waals surface area contributed by atoms with Gasteiger partial charge in [-0.25, -0.2) is 0 Å². The van der Waals surface area contributed by atoms with E-state index in [2.05, 4.69) is 21.2 Å². The summed E-state index contributed by atoms with van der Waals surface area (Å²) >= 11 is 3.30. The molecule has 1 atom stereocenters. The maximum Gasteiger partial charge on any atom is 0.416 e. The van der Waals surface area contributed by atoms with Crippen LogP contribution in [-0.2, 0) is 17.4 Å². The molecule has 0 bridgehead atoms. The third kappa shape index (κ3) is 5.32. The first kappa shape index (κ1) is 19.0. The van der Waals surface area contributed by atoms with Crippen molar-refractivity contribution in [2.75, 3.05) is 0 Å². The number of rotatable bonds is 5. The van der Waals surface area contributed by atoms with E-state index in [0.717, 1.165) is 34.3 Å². The van der Waals surface area contributed by atoms with Crippen molar-refractivity contribution in [1.29, 1.82) is 0 Å². The molecule has 8 heteroatoms. The lowest BCUT2D eigenvalue weighted by atomic mass is 10.0. The molecule has 0 saturated carbocycles. The molecule has 0 radical (unpaired) electrons. The molecule has 2 amide bonds. The molecule has 0 aliphatic heterocycles. The highest BCUT2D eigenvalue weighted by atomic mass is 79.9. The number of halogens is 4. The van der Waals surface area contributed by atoms with E-state index in [9.17, 15) is 22.8 Å². The van der Waals surface area contributed by atoms with Gasteiger partial charge in [0, 0.05) is 16.5 Å². The molecule has 0 fully saturated rings. The van der Waals surface area contributed by atoms with Gasteiger partial charge in [-0.2, -0.15) is 13.2 Å². The quantitative estimate of drug-likeness (QED) is 0.787. The van der Waals surface area contributed by atoms with Crippen LogP contribution < -0.4 is 11.1 Å². The molecule has 2 aromatic rings. The van der Waals surface area contributed by atoms with E-state index in [1.54, 1.807) is 18.2 Å². The van der Waals surface area contributed by atoms with E-state index in [1.165, 1.54) is 0 Å². The number of carbonyl (C=O) groups is 2. The minimum absolute atomic E-state index is 0.00786. The van der Waals surface area contributed by atoms with Crippen LogP contribution in [0, 0.1) is 0 Å². The number of primary amides is 1. The Kier molecular flexibility index (Phi) is 5.84. The van der Waals surface area contributed by atoms with Crippen molar-refractivity contribution in [3.8, 4) is 0 Å². The average Bonchev–Trinajstić information content (AvgIpc) is 2.53. The maximum absolute atomic E-state index is 12.5. The number of benzene rings is 2. The fourth-order valence-electron chi connectivity index (χ4n) is 2.17. The Morgan fingerprint density at radius 3 is 2.28 bits per heavy atom.